The van der Waals surface area contributed by atoms with Crippen LogP contribution in [0.4, 0.5) is 5.69 Å². The van der Waals surface area contributed by atoms with Crippen molar-refractivity contribution in [3.8, 4) is 5.75 Å². The molecule has 0 fully saturated rings. The van der Waals surface area contributed by atoms with E-state index in [1.54, 1.807) is 6.92 Å². The highest BCUT2D eigenvalue weighted by atomic mass is 32.2. The largest absolute Gasteiger partial charge is 0.493 e. The number of benzene rings is 1. The SMILES string of the molecule is CCCc1nn(C)c(C(N)=O)c1NC(=O)c1cc(S(=O)(=O)O)ccc1OCC. The normalized spacial score (nSPS) is 11.3. The van der Waals surface area contributed by atoms with Gasteiger partial charge in [0, 0.05) is 7.05 Å². The highest BCUT2D eigenvalue weighted by Gasteiger charge is 2.24. The van der Waals surface area contributed by atoms with Crippen molar-refractivity contribution in [2.75, 3.05) is 11.9 Å². The van der Waals surface area contributed by atoms with E-state index in [9.17, 15) is 22.6 Å². The number of primary amides is 1. The van der Waals surface area contributed by atoms with Gasteiger partial charge in [0.05, 0.1) is 28.4 Å². The molecule has 0 aliphatic carbocycles. The van der Waals surface area contributed by atoms with Crippen LogP contribution in [-0.4, -0.2) is 41.2 Å². The molecule has 0 bridgehead atoms. The van der Waals surface area contributed by atoms with Gasteiger partial charge in [-0.2, -0.15) is 13.5 Å². The first kappa shape index (κ1) is 21.4. The monoisotopic (exact) mass is 410 g/mol. The van der Waals surface area contributed by atoms with Gasteiger partial charge < -0.3 is 15.8 Å². The molecule has 0 radical (unpaired) electrons. The number of nitrogens with zero attached hydrogens (tertiary/aromatic N) is 2. The Morgan fingerprint density at radius 2 is 2.00 bits per heavy atom. The van der Waals surface area contributed by atoms with Gasteiger partial charge in [-0.1, -0.05) is 13.3 Å². The summed E-state index contributed by atoms with van der Waals surface area (Å²) in [7, 11) is -3.00. The van der Waals surface area contributed by atoms with Gasteiger partial charge in [0.15, 0.2) is 0 Å². The van der Waals surface area contributed by atoms with Crippen LogP contribution < -0.4 is 15.8 Å². The van der Waals surface area contributed by atoms with E-state index in [4.69, 9.17) is 10.5 Å². The Bertz CT molecular complexity index is 1010. The predicted molar refractivity (Wildman–Crippen MR) is 101 cm³/mol. The third-order valence-corrected chi connectivity index (χ3v) is 4.72. The highest BCUT2D eigenvalue weighted by molar-refractivity contribution is 7.85. The second-order valence-corrected chi connectivity index (χ2v) is 7.35. The highest BCUT2D eigenvalue weighted by Crippen LogP contribution is 2.27. The first-order chi connectivity index (χ1) is 13.1. The van der Waals surface area contributed by atoms with Crippen LogP contribution in [0.2, 0.25) is 0 Å². The second-order valence-electron chi connectivity index (χ2n) is 5.93. The number of carbonyl (C=O) groups excluding carboxylic acids is 2. The fourth-order valence-electron chi connectivity index (χ4n) is 2.71. The predicted octanol–water partition coefficient (Wildman–Crippen LogP) is 1.37. The minimum Gasteiger partial charge on any atom is -0.493 e. The van der Waals surface area contributed by atoms with E-state index in [1.165, 1.54) is 17.8 Å². The number of ether oxygens (including phenoxy) is 1. The number of anilines is 1. The molecule has 4 N–H and O–H groups in total. The number of carbonyl (C=O) groups is 2. The van der Waals surface area contributed by atoms with Crippen molar-refractivity contribution in [2.24, 2.45) is 12.8 Å². The molecule has 152 valence electrons. The lowest BCUT2D eigenvalue weighted by Gasteiger charge is -2.12. The molecule has 0 saturated carbocycles. The quantitative estimate of drug-likeness (QED) is 0.555. The molecule has 2 amide bonds. The molecule has 11 heteroatoms. The van der Waals surface area contributed by atoms with Gasteiger partial charge in [0.25, 0.3) is 21.9 Å². The Kier molecular flexibility index (Phi) is 6.41. The molecule has 1 aromatic heterocycles. The summed E-state index contributed by atoms with van der Waals surface area (Å²) in [4.78, 5) is 24.2. The van der Waals surface area contributed by atoms with Crippen LogP contribution in [0.5, 0.6) is 5.75 Å². The number of nitrogens with two attached hydrogens (primary N) is 1. The molecule has 1 aromatic carbocycles. The van der Waals surface area contributed by atoms with Crippen molar-refractivity contribution < 1.29 is 27.3 Å². The van der Waals surface area contributed by atoms with Crippen molar-refractivity contribution in [2.45, 2.75) is 31.6 Å². The molecular weight excluding hydrogens is 388 g/mol. The van der Waals surface area contributed by atoms with E-state index in [-0.39, 0.29) is 29.3 Å². The minimum absolute atomic E-state index is 0.0145. The number of rotatable bonds is 8. The fourth-order valence-corrected chi connectivity index (χ4v) is 3.22. The summed E-state index contributed by atoms with van der Waals surface area (Å²) in [6, 6.07) is 3.39. The summed E-state index contributed by atoms with van der Waals surface area (Å²) in [5.74, 6) is -1.39. The number of hydrogen-bond acceptors (Lipinski definition) is 6. The third-order valence-electron chi connectivity index (χ3n) is 3.87. The van der Waals surface area contributed by atoms with Crippen molar-refractivity contribution in [1.82, 2.24) is 9.78 Å². The average molecular weight is 410 g/mol. The average Bonchev–Trinajstić information content (AvgIpc) is 2.90. The van der Waals surface area contributed by atoms with E-state index >= 15 is 0 Å². The standard InChI is InChI=1S/C17H22N4O6S/c1-4-6-12-14(15(16(18)22)21(3)20-12)19-17(23)11-9-10(28(24,25)26)7-8-13(11)27-5-2/h7-9H,4-6H2,1-3H3,(H2,18,22)(H,19,23)(H,24,25,26). The van der Waals surface area contributed by atoms with Crippen LogP contribution in [0.3, 0.4) is 0 Å². The summed E-state index contributed by atoms with van der Waals surface area (Å²) in [6.45, 7) is 3.84. The van der Waals surface area contributed by atoms with Crippen molar-refractivity contribution in [3.05, 3.63) is 35.2 Å². The summed E-state index contributed by atoms with van der Waals surface area (Å²) >= 11 is 0. The van der Waals surface area contributed by atoms with Crippen LogP contribution in [0.25, 0.3) is 0 Å². The van der Waals surface area contributed by atoms with Crippen LogP contribution in [0.15, 0.2) is 23.1 Å². The Morgan fingerprint density at radius 3 is 2.54 bits per heavy atom. The molecule has 0 spiro atoms. The topological polar surface area (TPSA) is 154 Å². The van der Waals surface area contributed by atoms with Gasteiger partial charge in [-0.15, -0.1) is 0 Å². The maximum absolute atomic E-state index is 12.9. The third kappa shape index (κ3) is 4.49. The summed E-state index contributed by atoms with van der Waals surface area (Å²) < 4.78 is 38.8. The van der Waals surface area contributed by atoms with Crippen LogP contribution >= 0.6 is 0 Å². The number of amides is 2. The zero-order valence-electron chi connectivity index (χ0n) is 15.7. The van der Waals surface area contributed by atoms with E-state index in [0.717, 1.165) is 12.1 Å². The Balaban J connectivity index is 2.54. The molecule has 0 saturated heterocycles. The van der Waals surface area contributed by atoms with E-state index in [2.05, 4.69) is 10.4 Å². The molecule has 0 unspecified atom stereocenters. The number of nitrogens with one attached hydrogen (secondary N) is 1. The molecule has 2 rings (SSSR count). The first-order valence-electron chi connectivity index (χ1n) is 8.51. The lowest BCUT2D eigenvalue weighted by Crippen LogP contribution is -2.21. The molecule has 0 aliphatic heterocycles. The van der Waals surface area contributed by atoms with Gasteiger partial charge in [-0.05, 0) is 31.5 Å². The summed E-state index contributed by atoms with van der Waals surface area (Å²) in [6.07, 6.45) is 1.20. The van der Waals surface area contributed by atoms with E-state index < -0.39 is 26.8 Å². The molecule has 10 nitrogen and oxygen atoms in total. The smallest absolute Gasteiger partial charge is 0.294 e. The van der Waals surface area contributed by atoms with Gasteiger partial charge in [0.1, 0.15) is 11.4 Å². The Hall–Kier alpha value is -2.92. The molecule has 28 heavy (non-hydrogen) atoms. The molecule has 0 atom stereocenters. The second kappa shape index (κ2) is 8.40. The molecular formula is C17H22N4O6S. The Labute approximate surface area is 162 Å². The van der Waals surface area contributed by atoms with Gasteiger partial charge in [0.2, 0.25) is 0 Å². The summed E-state index contributed by atoms with van der Waals surface area (Å²) in [5.41, 5.74) is 5.92. The maximum atomic E-state index is 12.9. The van der Waals surface area contributed by atoms with Gasteiger partial charge in [-0.3, -0.25) is 18.8 Å². The van der Waals surface area contributed by atoms with Crippen LogP contribution in [0.1, 0.15) is 46.8 Å². The first-order valence-corrected chi connectivity index (χ1v) is 9.95. The lowest BCUT2D eigenvalue weighted by molar-refractivity contribution is 0.0992. The van der Waals surface area contributed by atoms with Gasteiger partial charge in [-0.25, -0.2) is 0 Å². The Morgan fingerprint density at radius 1 is 1.32 bits per heavy atom. The zero-order valence-corrected chi connectivity index (χ0v) is 16.5. The summed E-state index contributed by atoms with van der Waals surface area (Å²) in [5, 5.41) is 6.80. The van der Waals surface area contributed by atoms with E-state index in [0.29, 0.717) is 18.5 Å². The fraction of sp³-hybridized carbons (Fsp3) is 0.353. The van der Waals surface area contributed by atoms with E-state index in [1.807, 2.05) is 6.92 Å². The number of aromatic nitrogens is 2. The van der Waals surface area contributed by atoms with Crippen molar-refractivity contribution in [3.63, 3.8) is 0 Å². The lowest BCUT2D eigenvalue weighted by atomic mass is 10.1. The van der Waals surface area contributed by atoms with Crippen LogP contribution in [-0.2, 0) is 23.6 Å². The molecule has 0 aliphatic rings. The molecule has 1 heterocycles. The van der Waals surface area contributed by atoms with Gasteiger partial charge >= 0.3 is 0 Å². The number of hydrogen-bond donors (Lipinski definition) is 3. The zero-order chi connectivity index (χ0) is 21.1. The van der Waals surface area contributed by atoms with Crippen molar-refractivity contribution >= 4 is 27.6 Å². The maximum Gasteiger partial charge on any atom is 0.294 e. The number of aryl methyl sites for hydroxylation is 2. The van der Waals surface area contributed by atoms with Crippen molar-refractivity contribution in [1.29, 1.82) is 0 Å². The molecule has 2 aromatic rings. The van der Waals surface area contributed by atoms with Crippen LogP contribution in [0, 0.1) is 0 Å². The minimum atomic E-state index is -4.52.